The molecule has 2 aliphatic rings. The molecule has 5 heteroatoms. The van der Waals surface area contributed by atoms with Crippen molar-refractivity contribution < 1.29 is 14.3 Å². The quantitative estimate of drug-likeness (QED) is 0.838. The molecule has 2 heterocycles. The van der Waals surface area contributed by atoms with Crippen LogP contribution < -0.4 is 4.74 Å². The second kappa shape index (κ2) is 7.71. The first-order valence-corrected chi connectivity index (χ1v) is 9.49. The van der Waals surface area contributed by atoms with Gasteiger partial charge in [0.2, 0.25) is 0 Å². The highest BCUT2D eigenvalue weighted by Crippen LogP contribution is 2.32. The van der Waals surface area contributed by atoms with Crippen LogP contribution >= 0.6 is 0 Å². The van der Waals surface area contributed by atoms with Crippen molar-refractivity contribution in [2.45, 2.75) is 25.1 Å². The molecule has 0 bridgehead atoms. The fourth-order valence-electron chi connectivity index (χ4n) is 3.94. The van der Waals surface area contributed by atoms with Crippen molar-refractivity contribution in [3.8, 4) is 5.75 Å². The van der Waals surface area contributed by atoms with Crippen molar-refractivity contribution >= 4 is 5.91 Å². The largest absolute Gasteiger partial charge is 0.491 e. The maximum Gasteiger partial charge on any atom is 0.257 e. The molecule has 2 atom stereocenters. The molecule has 0 saturated heterocycles. The van der Waals surface area contributed by atoms with E-state index in [4.69, 9.17) is 9.47 Å². The molecule has 0 unspecified atom stereocenters. The molecule has 4 rings (SSSR count). The van der Waals surface area contributed by atoms with Crippen molar-refractivity contribution in [3.05, 3.63) is 65.2 Å². The number of likely N-dealkylation sites (N-methyl/N-ethyl adjacent to an activating group) is 1. The first kappa shape index (κ1) is 18.0. The third kappa shape index (κ3) is 3.70. The van der Waals surface area contributed by atoms with E-state index in [2.05, 4.69) is 11.0 Å². The SMILES string of the molecule is CN(C)C[C@@H]1COc2ccccc2CN1C(=O)[C@H]1OCCc2ccccc21. The number of amides is 1. The fraction of sp³-hybridized carbons (Fsp3) is 0.409. The maximum atomic E-state index is 13.6. The Morgan fingerprint density at radius 1 is 1.11 bits per heavy atom. The molecule has 5 nitrogen and oxygen atoms in total. The first-order chi connectivity index (χ1) is 13.1. The molecule has 0 N–H and O–H groups in total. The third-order valence-corrected chi connectivity index (χ3v) is 5.26. The van der Waals surface area contributed by atoms with E-state index in [1.165, 1.54) is 5.56 Å². The van der Waals surface area contributed by atoms with E-state index < -0.39 is 6.10 Å². The van der Waals surface area contributed by atoms with Crippen LogP contribution in [0.5, 0.6) is 5.75 Å². The van der Waals surface area contributed by atoms with Gasteiger partial charge in [0.1, 0.15) is 12.4 Å². The Morgan fingerprint density at radius 3 is 2.67 bits per heavy atom. The average Bonchev–Trinajstić information content (AvgIpc) is 2.86. The van der Waals surface area contributed by atoms with Crippen LogP contribution in [-0.4, -0.2) is 55.6 Å². The lowest BCUT2D eigenvalue weighted by Crippen LogP contribution is -2.49. The predicted octanol–water partition coefficient (Wildman–Crippen LogP) is 2.65. The number of nitrogens with zero attached hydrogens (tertiary/aromatic N) is 2. The molecule has 0 aliphatic carbocycles. The molecule has 0 aromatic heterocycles. The van der Waals surface area contributed by atoms with Crippen molar-refractivity contribution in [1.82, 2.24) is 9.80 Å². The van der Waals surface area contributed by atoms with Gasteiger partial charge in [-0.25, -0.2) is 0 Å². The Kier molecular flexibility index (Phi) is 5.14. The fourth-order valence-corrected chi connectivity index (χ4v) is 3.94. The lowest BCUT2D eigenvalue weighted by molar-refractivity contribution is -0.149. The number of ether oxygens (including phenoxy) is 2. The minimum atomic E-state index is -0.537. The Balaban J connectivity index is 1.67. The number of rotatable bonds is 3. The van der Waals surface area contributed by atoms with Crippen LogP contribution in [0.3, 0.4) is 0 Å². The van der Waals surface area contributed by atoms with Crippen LogP contribution in [0, 0.1) is 0 Å². The summed E-state index contributed by atoms with van der Waals surface area (Å²) in [6, 6.07) is 16.0. The summed E-state index contributed by atoms with van der Waals surface area (Å²) in [5.41, 5.74) is 3.24. The van der Waals surface area contributed by atoms with Crippen LogP contribution in [0.25, 0.3) is 0 Å². The van der Waals surface area contributed by atoms with Gasteiger partial charge in [-0.05, 0) is 37.7 Å². The van der Waals surface area contributed by atoms with E-state index in [-0.39, 0.29) is 11.9 Å². The number of hydrogen-bond donors (Lipinski definition) is 0. The summed E-state index contributed by atoms with van der Waals surface area (Å²) in [6.07, 6.45) is 0.317. The van der Waals surface area contributed by atoms with E-state index in [9.17, 15) is 4.79 Å². The summed E-state index contributed by atoms with van der Waals surface area (Å²) in [4.78, 5) is 17.6. The van der Waals surface area contributed by atoms with Gasteiger partial charge in [0.25, 0.3) is 5.91 Å². The monoisotopic (exact) mass is 366 g/mol. The Morgan fingerprint density at radius 2 is 1.85 bits per heavy atom. The number of benzene rings is 2. The summed E-state index contributed by atoms with van der Waals surface area (Å²) in [5, 5.41) is 0. The Hall–Kier alpha value is -2.37. The molecule has 0 fully saturated rings. The maximum absolute atomic E-state index is 13.6. The molecule has 0 radical (unpaired) electrons. The third-order valence-electron chi connectivity index (χ3n) is 5.26. The highest BCUT2D eigenvalue weighted by Gasteiger charge is 2.36. The van der Waals surface area contributed by atoms with Gasteiger partial charge < -0.3 is 19.3 Å². The van der Waals surface area contributed by atoms with Gasteiger partial charge in [0.05, 0.1) is 12.6 Å². The number of hydrogen-bond acceptors (Lipinski definition) is 4. The summed E-state index contributed by atoms with van der Waals surface area (Å²) >= 11 is 0. The van der Waals surface area contributed by atoms with Gasteiger partial charge in [0.15, 0.2) is 6.10 Å². The van der Waals surface area contributed by atoms with Gasteiger partial charge >= 0.3 is 0 Å². The summed E-state index contributed by atoms with van der Waals surface area (Å²) in [7, 11) is 4.04. The summed E-state index contributed by atoms with van der Waals surface area (Å²) < 4.78 is 12.0. The van der Waals surface area contributed by atoms with Crippen molar-refractivity contribution in [2.24, 2.45) is 0 Å². The zero-order chi connectivity index (χ0) is 18.8. The van der Waals surface area contributed by atoms with Gasteiger partial charge in [-0.15, -0.1) is 0 Å². The number of para-hydroxylation sites is 1. The van der Waals surface area contributed by atoms with E-state index in [0.29, 0.717) is 19.8 Å². The minimum Gasteiger partial charge on any atom is -0.491 e. The average molecular weight is 366 g/mol. The molecular formula is C22H26N2O3. The standard InChI is InChI=1S/C22H26N2O3/c1-23(2)14-18-15-27-20-10-6-4-8-17(20)13-24(18)22(25)21-19-9-5-3-7-16(19)11-12-26-21/h3-10,18,21H,11-15H2,1-2H3/t18-,21+/m1/s1. The van der Waals surface area contributed by atoms with Crippen LogP contribution in [0.4, 0.5) is 0 Å². The predicted molar refractivity (Wildman–Crippen MR) is 104 cm³/mol. The molecule has 0 saturated carbocycles. The van der Waals surface area contributed by atoms with Gasteiger partial charge in [-0.1, -0.05) is 42.5 Å². The van der Waals surface area contributed by atoms with Crippen LogP contribution in [-0.2, 0) is 22.5 Å². The van der Waals surface area contributed by atoms with Crippen molar-refractivity contribution in [2.75, 3.05) is 33.9 Å². The molecular weight excluding hydrogens is 340 g/mol. The van der Waals surface area contributed by atoms with Crippen LogP contribution in [0.2, 0.25) is 0 Å². The van der Waals surface area contributed by atoms with Gasteiger partial charge in [0, 0.05) is 18.7 Å². The van der Waals surface area contributed by atoms with Gasteiger partial charge in [-0.3, -0.25) is 4.79 Å². The molecule has 1 amide bonds. The molecule has 2 aromatic carbocycles. The smallest absolute Gasteiger partial charge is 0.257 e. The van der Waals surface area contributed by atoms with Crippen molar-refractivity contribution in [3.63, 3.8) is 0 Å². The lowest BCUT2D eigenvalue weighted by Gasteiger charge is -2.35. The second-order valence-corrected chi connectivity index (χ2v) is 7.50. The zero-order valence-electron chi connectivity index (χ0n) is 15.9. The first-order valence-electron chi connectivity index (χ1n) is 9.49. The Bertz CT molecular complexity index is 821. The van der Waals surface area contributed by atoms with Crippen LogP contribution in [0.15, 0.2) is 48.5 Å². The second-order valence-electron chi connectivity index (χ2n) is 7.50. The lowest BCUT2D eigenvalue weighted by atomic mass is 9.96. The van der Waals surface area contributed by atoms with E-state index >= 15 is 0 Å². The highest BCUT2D eigenvalue weighted by molar-refractivity contribution is 5.83. The summed E-state index contributed by atoms with van der Waals surface area (Å²) in [6.45, 7) is 2.34. The van der Waals surface area contributed by atoms with Crippen molar-refractivity contribution in [1.29, 1.82) is 0 Å². The van der Waals surface area contributed by atoms with E-state index in [1.807, 2.05) is 61.5 Å². The molecule has 142 valence electrons. The Labute approximate surface area is 160 Å². The minimum absolute atomic E-state index is 0.0225. The molecule has 2 aliphatic heterocycles. The molecule has 0 spiro atoms. The number of carbonyl (C=O) groups excluding carboxylic acids is 1. The number of carbonyl (C=O) groups is 1. The van der Waals surface area contributed by atoms with Gasteiger partial charge in [-0.2, -0.15) is 0 Å². The summed E-state index contributed by atoms with van der Waals surface area (Å²) in [5.74, 6) is 0.885. The number of fused-ring (bicyclic) bond motifs is 2. The highest BCUT2D eigenvalue weighted by atomic mass is 16.5. The zero-order valence-corrected chi connectivity index (χ0v) is 15.9. The molecule has 2 aromatic rings. The molecule has 27 heavy (non-hydrogen) atoms. The van der Waals surface area contributed by atoms with E-state index in [1.54, 1.807) is 0 Å². The van der Waals surface area contributed by atoms with Crippen LogP contribution in [0.1, 0.15) is 22.8 Å². The topological polar surface area (TPSA) is 42.0 Å². The normalized spacial score (nSPS) is 21.8. The van der Waals surface area contributed by atoms with E-state index in [0.717, 1.165) is 29.8 Å².